The van der Waals surface area contributed by atoms with E-state index < -0.39 is 0 Å². The number of aliphatic hydroxyl groups is 1. The molecule has 1 heterocycles. The monoisotopic (exact) mass is 280 g/mol. The molecule has 1 aromatic heterocycles. The molecular weight excluding hydrogens is 268 g/mol. The summed E-state index contributed by atoms with van der Waals surface area (Å²) in [5.41, 5.74) is 2.13. The van der Waals surface area contributed by atoms with Gasteiger partial charge in [-0.1, -0.05) is 12.1 Å². The molecule has 16 heavy (non-hydrogen) atoms. The average molecular weight is 281 g/mol. The van der Waals surface area contributed by atoms with E-state index in [1.807, 2.05) is 35.0 Å². The van der Waals surface area contributed by atoms with Crippen LogP contribution < -0.4 is 0 Å². The highest BCUT2D eigenvalue weighted by molar-refractivity contribution is 9.10. The van der Waals surface area contributed by atoms with E-state index in [-0.39, 0.29) is 6.10 Å². The van der Waals surface area contributed by atoms with Crippen molar-refractivity contribution in [3.63, 3.8) is 0 Å². The summed E-state index contributed by atoms with van der Waals surface area (Å²) in [6.45, 7) is 1.79. The van der Waals surface area contributed by atoms with Gasteiger partial charge in [0.25, 0.3) is 0 Å². The number of hydrogen-bond acceptors (Lipinski definition) is 2. The number of rotatable bonds is 3. The Morgan fingerprint density at radius 1 is 1.31 bits per heavy atom. The van der Waals surface area contributed by atoms with Gasteiger partial charge in [0, 0.05) is 0 Å². The van der Waals surface area contributed by atoms with E-state index in [2.05, 4.69) is 21.0 Å². The lowest BCUT2D eigenvalue weighted by Crippen LogP contribution is -2.04. The molecule has 4 heteroatoms. The molecule has 0 aliphatic rings. The van der Waals surface area contributed by atoms with Gasteiger partial charge in [-0.3, -0.25) is 0 Å². The third-order valence-corrected chi connectivity index (χ3v) is 2.91. The smallest absolute Gasteiger partial charge is 0.109 e. The molecule has 0 aliphatic heterocycles. The van der Waals surface area contributed by atoms with Crippen LogP contribution in [0.3, 0.4) is 0 Å². The fraction of sp³-hybridized carbons (Fsp3) is 0.250. The second-order valence-electron chi connectivity index (χ2n) is 3.79. The topological polar surface area (TPSA) is 38.0 Å². The summed E-state index contributed by atoms with van der Waals surface area (Å²) in [6.07, 6.45) is 2.12. The number of hydrogen-bond donors (Lipinski definition) is 1. The Kier molecular flexibility index (Phi) is 3.41. The molecule has 84 valence electrons. The summed E-state index contributed by atoms with van der Waals surface area (Å²) in [4.78, 5) is 0. The molecule has 0 fully saturated rings. The Bertz CT molecular complexity index is 462. The fourth-order valence-corrected chi connectivity index (χ4v) is 2.01. The molecule has 0 amide bonds. The first-order valence-corrected chi connectivity index (χ1v) is 5.93. The molecule has 2 rings (SSSR count). The minimum atomic E-state index is -0.303. The highest BCUT2D eigenvalue weighted by Gasteiger charge is 2.03. The predicted octanol–water partition coefficient (Wildman–Crippen LogP) is 2.56. The van der Waals surface area contributed by atoms with Gasteiger partial charge in [0.1, 0.15) is 4.60 Å². The number of aliphatic hydroxyl groups excluding tert-OH is 1. The fourth-order valence-electron chi connectivity index (χ4n) is 1.59. The maximum atomic E-state index is 9.28. The van der Waals surface area contributed by atoms with Gasteiger partial charge in [-0.25, -0.2) is 4.68 Å². The quantitative estimate of drug-likeness (QED) is 0.939. The minimum Gasteiger partial charge on any atom is -0.393 e. The zero-order valence-electron chi connectivity index (χ0n) is 8.97. The highest BCUT2D eigenvalue weighted by Crippen LogP contribution is 2.16. The van der Waals surface area contributed by atoms with Gasteiger partial charge in [0.2, 0.25) is 0 Å². The number of nitrogens with zero attached hydrogens (tertiary/aromatic N) is 2. The molecule has 0 bridgehead atoms. The summed E-state index contributed by atoms with van der Waals surface area (Å²) in [5, 5.41) is 13.5. The Labute approximate surface area is 103 Å². The SMILES string of the molecule is CC(O)Cc1ccc(-n2nccc2Br)cc1. The van der Waals surface area contributed by atoms with Crippen LogP contribution in [0.5, 0.6) is 0 Å². The van der Waals surface area contributed by atoms with Crippen molar-refractivity contribution < 1.29 is 5.11 Å². The second kappa shape index (κ2) is 4.80. The van der Waals surface area contributed by atoms with E-state index in [4.69, 9.17) is 0 Å². The standard InChI is InChI=1S/C12H13BrN2O/c1-9(16)8-10-2-4-11(5-3-10)15-12(13)6-7-14-15/h2-7,9,16H,8H2,1H3. The van der Waals surface area contributed by atoms with Crippen LogP contribution in [-0.4, -0.2) is 21.0 Å². The predicted molar refractivity (Wildman–Crippen MR) is 66.6 cm³/mol. The first-order valence-electron chi connectivity index (χ1n) is 5.14. The summed E-state index contributed by atoms with van der Waals surface area (Å²) in [5.74, 6) is 0. The average Bonchev–Trinajstić information content (AvgIpc) is 2.65. The van der Waals surface area contributed by atoms with Gasteiger partial charge >= 0.3 is 0 Å². The molecule has 0 saturated heterocycles. The molecule has 1 atom stereocenters. The van der Waals surface area contributed by atoms with E-state index in [1.54, 1.807) is 13.1 Å². The molecule has 1 unspecified atom stereocenters. The maximum Gasteiger partial charge on any atom is 0.109 e. The third kappa shape index (κ3) is 2.51. The summed E-state index contributed by atoms with van der Waals surface area (Å²) in [6, 6.07) is 9.90. The van der Waals surface area contributed by atoms with Gasteiger partial charge in [0.05, 0.1) is 18.0 Å². The Balaban J connectivity index is 2.23. The lowest BCUT2D eigenvalue weighted by Gasteiger charge is -2.06. The van der Waals surface area contributed by atoms with Gasteiger partial charge in [-0.15, -0.1) is 0 Å². The molecule has 3 nitrogen and oxygen atoms in total. The molecule has 0 radical (unpaired) electrons. The van der Waals surface area contributed by atoms with Crippen molar-refractivity contribution in [2.45, 2.75) is 19.4 Å². The number of aromatic nitrogens is 2. The molecule has 0 aliphatic carbocycles. The second-order valence-corrected chi connectivity index (χ2v) is 4.60. The normalized spacial score (nSPS) is 12.7. The number of benzene rings is 1. The molecule has 1 N–H and O–H groups in total. The summed E-state index contributed by atoms with van der Waals surface area (Å²) >= 11 is 3.42. The van der Waals surface area contributed by atoms with Crippen molar-refractivity contribution >= 4 is 15.9 Å². The van der Waals surface area contributed by atoms with Crippen molar-refractivity contribution in [1.29, 1.82) is 0 Å². The van der Waals surface area contributed by atoms with Crippen LogP contribution in [-0.2, 0) is 6.42 Å². The highest BCUT2D eigenvalue weighted by atomic mass is 79.9. The first kappa shape index (κ1) is 11.4. The summed E-state index contributed by atoms with van der Waals surface area (Å²) in [7, 11) is 0. The van der Waals surface area contributed by atoms with Crippen LogP contribution in [0.1, 0.15) is 12.5 Å². The van der Waals surface area contributed by atoms with Crippen molar-refractivity contribution in [3.05, 3.63) is 46.7 Å². The van der Waals surface area contributed by atoms with E-state index in [1.165, 1.54) is 0 Å². The maximum absolute atomic E-state index is 9.28. The minimum absolute atomic E-state index is 0.303. The lowest BCUT2D eigenvalue weighted by molar-refractivity contribution is 0.195. The molecule has 0 spiro atoms. The lowest BCUT2D eigenvalue weighted by atomic mass is 10.1. The Hall–Kier alpha value is -1.13. The van der Waals surface area contributed by atoms with Crippen LogP contribution >= 0.6 is 15.9 Å². The van der Waals surface area contributed by atoms with E-state index in [9.17, 15) is 5.11 Å². The van der Waals surface area contributed by atoms with Crippen LogP contribution in [0, 0.1) is 0 Å². The van der Waals surface area contributed by atoms with E-state index in [0.29, 0.717) is 6.42 Å². The Morgan fingerprint density at radius 2 is 2.00 bits per heavy atom. The zero-order chi connectivity index (χ0) is 11.5. The number of halogens is 1. The van der Waals surface area contributed by atoms with E-state index >= 15 is 0 Å². The van der Waals surface area contributed by atoms with Gasteiger partial charge in [-0.05, 0) is 53.0 Å². The van der Waals surface area contributed by atoms with Crippen LogP contribution in [0.25, 0.3) is 5.69 Å². The largest absolute Gasteiger partial charge is 0.393 e. The van der Waals surface area contributed by atoms with Gasteiger partial charge < -0.3 is 5.11 Å². The van der Waals surface area contributed by atoms with Crippen molar-refractivity contribution in [1.82, 2.24) is 9.78 Å². The zero-order valence-corrected chi connectivity index (χ0v) is 10.6. The van der Waals surface area contributed by atoms with Crippen LogP contribution in [0.4, 0.5) is 0 Å². The van der Waals surface area contributed by atoms with Crippen LogP contribution in [0.2, 0.25) is 0 Å². The Morgan fingerprint density at radius 3 is 2.50 bits per heavy atom. The first-order chi connectivity index (χ1) is 7.66. The third-order valence-electron chi connectivity index (χ3n) is 2.31. The van der Waals surface area contributed by atoms with Crippen molar-refractivity contribution in [2.24, 2.45) is 0 Å². The molecule has 2 aromatic rings. The molecular formula is C12H13BrN2O. The van der Waals surface area contributed by atoms with Crippen molar-refractivity contribution in [2.75, 3.05) is 0 Å². The van der Waals surface area contributed by atoms with Crippen LogP contribution in [0.15, 0.2) is 41.1 Å². The molecule has 0 saturated carbocycles. The summed E-state index contributed by atoms with van der Waals surface area (Å²) < 4.78 is 2.74. The van der Waals surface area contributed by atoms with E-state index in [0.717, 1.165) is 15.9 Å². The van der Waals surface area contributed by atoms with Gasteiger partial charge in [-0.2, -0.15) is 5.10 Å². The van der Waals surface area contributed by atoms with Crippen molar-refractivity contribution in [3.8, 4) is 5.69 Å². The molecule has 1 aromatic carbocycles. The van der Waals surface area contributed by atoms with Gasteiger partial charge in [0.15, 0.2) is 0 Å².